The summed E-state index contributed by atoms with van der Waals surface area (Å²) in [4.78, 5) is 14.4. The van der Waals surface area contributed by atoms with Crippen molar-refractivity contribution in [1.29, 1.82) is 10.7 Å². The lowest BCUT2D eigenvalue weighted by atomic mass is 9.73. The van der Waals surface area contributed by atoms with Crippen molar-refractivity contribution >= 4 is 11.9 Å². The molecule has 2 aliphatic rings. The molecule has 5 nitrogen and oxygen atoms in total. The summed E-state index contributed by atoms with van der Waals surface area (Å²) < 4.78 is 27.4. The fraction of sp³-hybridized carbons (Fsp3) is 0.318. The Balaban J connectivity index is 1.80. The number of halogens is 2. The number of nitrogens with one attached hydrogen (secondary N) is 2. The number of nitrogens with zero attached hydrogens (tertiary/aromatic N) is 2. The van der Waals surface area contributed by atoms with E-state index in [1.165, 1.54) is 18.0 Å². The Kier molecular flexibility index (Phi) is 4.19. The topological polar surface area (TPSA) is 80.0 Å². The minimum Gasteiger partial charge on any atom is -0.346 e. The van der Waals surface area contributed by atoms with Crippen LogP contribution in [-0.2, 0) is 15.7 Å². The number of amides is 1. The third kappa shape index (κ3) is 2.87. The van der Waals surface area contributed by atoms with Crippen molar-refractivity contribution in [3.05, 3.63) is 70.8 Å². The van der Waals surface area contributed by atoms with Gasteiger partial charge in [0.2, 0.25) is 5.91 Å². The van der Waals surface area contributed by atoms with E-state index in [-0.39, 0.29) is 11.9 Å². The average molecular weight is 394 g/mol. The number of benzene rings is 2. The van der Waals surface area contributed by atoms with Crippen molar-refractivity contribution < 1.29 is 13.6 Å². The summed E-state index contributed by atoms with van der Waals surface area (Å²) >= 11 is 0. The maximum Gasteiger partial charge on any atom is 0.239 e. The third-order valence-corrected chi connectivity index (χ3v) is 6.15. The van der Waals surface area contributed by atoms with Crippen LogP contribution < -0.4 is 5.32 Å². The highest BCUT2D eigenvalue weighted by Crippen LogP contribution is 2.48. The summed E-state index contributed by atoms with van der Waals surface area (Å²) in [5, 5.41) is 20.5. The Hall–Kier alpha value is -3.27. The van der Waals surface area contributed by atoms with E-state index in [0.29, 0.717) is 11.1 Å². The van der Waals surface area contributed by atoms with Crippen molar-refractivity contribution in [3.8, 4) is 6.07 Å². The van der Waals surface area contributed by atoms with Crippen molar-refractivity contribution in [2.24, 2.45) is 0 Å². The minimum absolute atomic E-state index is 0.114. The lowest BCUT2D eigenvalue weighted by molar-refractivity contribution is -0.131. The molecule has 1 amide bonds. The van der Waals surface area contributed by atoms with Gasteiger partial charge in [-0.25, -0.2) is 8.78 Å². The number of hydrogen-bond donors (Lipinski definition) is 2. The molecule has 2 fully saturated rings. The first-order valence-electron chi connectivity index (χ1n) is 9.33. The molecule has 1 saturated carbocycles. The van der Waals surface area contributed by atoms with Gasteiger partial charge in [0.05, 0.1) is 22.9 Å². The predicted octanol–water partition coefficient (Wildman–Crippen LogP) is 3.52. The standard InChI is InChI=1S/C22H20F2N4O/c1-21(15-7-8-16(23)17(24)11-15)18(19(29)28(2)20(26)27-21)13-3-5-14(6-4-13)22(12-25)9-10-22/h3-8,11,18H,9-10H2,1-2H3,(H2,26,27)/t18-,21+/m0/s1. The van der Waals surface area contributed by atoms with Crippen LogP contribution in [0.2, 0.25) is 0 Å². The molecule has 2 atom stereocenters. The van der Waals surface area contributed by atoms with Gasteiger partial charge in [-0.3, -0.25) is 15.1 Å². The van der Waals surface area contributed by atoms with E-state index in [4.69, 9.17) is 5.41 Å². The fourth-order valence-corrected chi connectivity index (χ4v) is 4.07. The van der Waals surface area contributed by atoms with E-state index in [9.17, 15) is 18.8 Å². The summed E-state index contributed by atoms with van der Waals surface area (Å²) in [5.41, 5.74) is 0.369. The maximum absolute atomic E-state index is 14.0. The molecular formula is C22H20F2N4O. The first-order chi connectivity index (χ1) is 13.7. The maximum atomic E-state index is 14.0. The second-order valence-electron chi connectivity index (χ2n) is 7.95. The number of nitriles is 1. The lowest BCUT2D eigenvalue weighted by Crippen LogP contribution is -2.62. The van der Waals surface area contributed by atoms with Crippen LogP contribution in [0.15, 0.2) is 42.5 Å². The van der Waals surface area contributed by atoms with Gasteiger partial charge in [0, 0.05) is 7.05 Å². The van der Waals surface area contributed by atoms with E-state index in [1.807, 2.05) is 12.1 Å². The molecule has 0 bridgehead atoms. The first-order valence-corrected chi connectivity index (χ1v) is 9.33. The molecule has 2 aromatic carbocycles. The summed E-state index contributed by atoms with van der Waals surface area (Å²) in [7, 11) is 1.50. The van der Waals surface area contributed by atoms with Crippen molar-refractivity contribution in [2.75, 3.05) is 7.05 Å². The summed E-state index contributed by atoms with van der Waals surface area (Å²) in [6.45, 7) is 1.70. The van der Waals surface area contributed by atoms with Gasteiger partial charge in [-0.1, -0.05) is 30.3 Å². The number of likely N-dealkylation sites (N-methyl/N-ethyl adjacent to an activating group) is 1. The predicted molar refractivity (Wildman–Crippen MR) is 103 cm³/mol. The van der Waals surface area contributed by atoms with Crippen LogP contribution in [-0.4, -0.2) is 23.8 Å². The average Bonchev–Trinajstić information content (AvgIpc) is 3.50. The molecule has 1 heterocycles. The molecule has 29 heavy (non-hydrogen) atoms. The zero-order chi connectivity index (χ0) is 21.0. The second-order valence-corrected chi connectivity index (χ2v) is 7.95. The SMILES string of the molecule is CN1C(=N)N[C@](C)(c2ccc(F)c(F)c2)[C@@H](c2ccc(C3(C#N)CC3)cc2)C1=O. The number of guanidine groups is 1. The molecule has 4 rings (SSSR count). The Morgan fingerprint density at radius 1 is 1.14 bits per heavy atom. The van der Waals surface area contributed by atoms with Crippen LogP contribution >= 0.6 is 0 Å². The van der Waals surface area contributed by atoms with Gasteiger partial charge in [0.25, 0.3) is 0 Å². The highest BCUT2D eigenvalue weighted by Gasteiger charge is 2.49. The number of carbonyl (C=O) groups is 1. The van der Waals surface area contributed by atoms with Gasteiger partial charge in [-0.2, -0.15) is 5.26 Å². The number of carbonyl (C=O) groups excluding carboxylic acids is 1. The van der Waals surface area contributed by atoms with Gasteiger partial charge in [0.1, 0.15) is 0 Å². The Morgan fingerprint density at radius 3 is 2.31 bits per heavy atom. The molecule has 1 aliphatic carbocycles. The van der Waals surface area contributed by atoms with Gasteiger partial charge in [0.15, 0.2) is 17.6 Å². The fourth-order valence-electron chi connectivity index (χ4n) is 4.07. The minimum atomic E-state index is -1.15. The normalized spacial score (nSPS) is 25.3. The summed E-state index contributed by atoms with van der Waals surface area (Å²) in [6.07, 6.45) is 1.64. The quantitative estimate of drug-likeness (QED) is 0.836. The van der Waals surface area contributed by atoms with Crippen LogP contribution in [0.5, 0.6) is 0 Å². The van der Waals surface area contributed by atoms with E-state index in [2.05, 4.69) is 11.4 Å². The molecule has 7 heteroatoms. The molecule has 148 valence electrons. The second kappa shape index (κ2) is 6.38. The van der Waals surface area contributed by atoms with Gasteiger partial charge in [-0.05, 0) is 48.6 Å². The number of hydrogen-bond acceptors (Lipinski definition) is 3. The van der Waals surface area contributed by atoms with Crippen LogP contribution in [0, 0.1) is 28.4 Å². The molecule has 2 N–H and O–H groups in total. The lowest BCUT2D eigenvalue weighted by Gasteiger charge is -2.46. The zero-order valence-corrected chi connectivity index (χ0v) is 16.1. The van der Waals surface area contributed by atoms with E-state index >= 15 is 0 Å². The smallest absolute Gasteiger partial charge is 0.239 e. The molecule has 0 radical (unpaired) electrons. The zero-order valence-electron chi connectivity index (χ0n) is 16.1. The van der Waals surface area contributed by atoms with Crippen molar-refractivity contribution in [1.82, 2.24) is 10.2 Å². The van der Waals surface area contributed by atoms with E-state index < -0.39 is 28.5 Å². The Labute approximate surface area is 167 Å². The van der Waals surface area contributed by atoms with E-state index in [0.717, 1.165) is 30.5 Å². The molecule has 1 aliphatic heterocycles. The summed E-state index contributed by atoms with van der Waals surface area (Å²) in [6, 6.07) is 13.2. The molecule has 0 spiro atoms. The molecule has 2 aromatic rings. The van der Waals surface area contributed by atoms with Crippen LogP contribution in [0.3, 0.4) is 0 Å². The first kappa shape index (κ1) is 19.1. The monoisotopic (exact) mass is 394 g/mol. The van der Waals surface area contributed by atoms with Crippen molar-refractivity contribution in [2.45, 2.75) is 36.6 Å². The largest absolute Gasteiger partial charge is 0.346 e. The van der Waals surface area contributed by atoms with Crippen LogP contribution in [0.1, 0.15) is 42.4 Å². The van der Waals surface area contributed by atoms with Gasteiger partial charge in [-0.15, -0.1) is 0 Å². The highest BCUT2D eigenvalue weighted by atomic mass is 19.2. The molecule has 0 aromatic heterocycles. The summed E-state index contributed by atoms with van der Waals surface area (Å²) in [5.74, 6) is -3.19. The van der Waals surface area contributed by atoms with Gasteiger partial charge < -0.3 is 5.32 Å². The Bertz CT molecular complexity index is 1060. The molecule has 1 saturated heterocycles. The van der Waals surface area contributed by atoms with Gasteiger partial charge >= 0.3 is 0 Å². The highest BCUT2D eigenvalue weighted by molar-refractivity contribution is 6.02. The van der Waals surface area contributed by atoms with E-state index in [1.54, 1.807) is 19.1 Å². The Morgan fingerprint density at radius 2 is 1.76 bits per heavy atom. The third-order valence-electron chi connectivity index (χ3n) is 6.15. The van der Waals surface area contributed by atoms with Crippen LogP contribution in [0.4, 0.5) is 8.78 Å². The molecular weight excluding hydrogens is 374 g/mol. The van der Waals surface area contributed by atoms with Crippen molar-refractivity contribution in [3.63, 3.8) is 0 Å². The number of rotatable bonds is 3. The van der Waals surface area contributed by atoms with Crippen LogP contribution in [0.25, 0.3) is 0 Å². The molecule has 0 unspecified atom stereocenters.